The molecule has 1 saturated heterocycles. The van der Waals surface area contributed by atoms with E-state index in [-0.39, 0.29) is 23.7 Å². The zero-order chi connectivity index (χ0) is 16.8. The van der Waals surface area contributed by atoms with Crippen molar-refractivity contribution in [3.63, 3.8) is 0 Å². The van der Waals surface area contributed by atoms with E-state index in [0.29, 0.717) is 26.1 Å². The van der Waals surface area contributed by atoms with Crippen LogP contribution in [-0.4, -0.2) is 55.5 Å². The lowest BCUT2D eigenvalue weighted by Gasteiger charge is -2.34. The first-order valence-corrected chi connectivity index (χ1v) is 8.09. The molecule has 1 atom stereocenters. The number of halogens is 1. The lowest BCUT2D eigenvalue weighted by Crippen LogP contribution is -3.19. The smallest absolute Gasteiger partial charge is 0.278 e. The van der Waals surface area contributed by atoms with E-state index in [0.717, 1.165) is 18.7 Å². The van der Waals surface area contributed by atoms with Gasteiger partial charge in [0.05, 0.1) is 26.2 Å². The molecule has 2 N–H and O–H groups in total. The van der Waals surface area contributed by atoms with E-state index >= 15 is 0 Å². The quantitative estimate of drug-likeness (QED) is 0.776. The molecule has 0 bridgehead atoms. The Bertz CT molecular complexity index is 539. The highest BCUT2D eigenvalue weighted by Gasteiger charge is 2.29. The highest BCUT2D eigenvalue weighted by molar-refractivity contribution is 5.80. The molecule has 1 aliphatic rings. The molecule has 23 heavy (non-hydrogen) atoms. The molecule has 0 unspecified atom stereocenters. The van der Waals surface area contributed by atoms with Gasteiger partial charge in [0.15, 0.2) is 6.04 Å². The minimum atomic E-state index is -0.250. The summed E-state index contributed by atoms with van der Waals surface area (Å²) < 4.78 is 12.8. The summed E-state index contributed by atoms with van der Waals surface area (Å²) in [7, 11) is 0. The van der Waals surface area contributed by atoms with Crippen LogP contribution in [0.4, 0.5) is 4.39 Å². The summed E-state index contributed by atoms with van der Waals surface area (Å²) in [5.41, 5.74) is 1.00. The Labute approximate surface area is 136 Å². The molecular weight excluding hydrogens is 297 g/mol. The molecular formula is C17H25FN3O2+. The number of quaternary nitrogens is 1. The van der Waals surface area contributed by atoms with E-state index in [4.69, 9.17) is 0 Å². The van der Waals surface area contributed by atoms with Gasteiger partial charge >= 0.3 is 0 Å². The molecule has 0 aromatic heterocycles. The summed E-state index contributed by atoms with van der Waals surface area (Å²) in [6, 6.07) is 6.20. The van der Waals surface area contributed by atoms with Gasteiger partial charge in [-0.05, 0) is 31.0 Å². The Morgan fingerprint density at radius 3 is 2.43 bits per heavy atom. The number of hydrogen-bond acceptors (Lipinski definition) is 2. The molecule has 1 heterocycles. The van der Waals surface area contributed by atoms with Crippen LogP contribution in [0, 0.1) is 5.82 Å². The summed E-state index contributed by atoms with van der Waals surface area (Å²) in [6.07, 6.45) is 0.687. The van der Waals surface area contributed by atoms with Crippen LogP contribution in [0.5, 0.6) is 0 Å². The third kappa shape index (κ3) is 5.03. The van der Waals surface area contributed by atoms with Gasteiger partial charge < -0.3 is 15.1 Å². The maximum Gasteiger partial charge on any atom is 0.278 e. The summed E-state index contributed by atoms with van der Waals surface area (Å²) in [5.74, 6) is -0.126. The highest BCUT2D eigenvalue weighted by Crippen LogP contribution is 2.02. The minimum Gasteiger partial charge on any atom is -0.351 e. The van der Waals surface area contributed by atoms with Crippen LogP contribution in [0.3, 0.4) is 0 Å². The third-order valence-corrected chi connectivity index (χ3v) is 4.48. The largest absolute Gasteiger partial charge is 0.351 e. The number of amides is 2. The number of nitrogens with zero attached hydrogens (tertiary/aromatic N) is 1. The molecule has 0 spiro atoms. The van der Waals surface area contributed by atoms with E-state index < -0.39 is 0 Å². The summed E-state index contributed by atoms with van der Waals surface area (Å²) in [6.45, 7) is 7.05. The monoisotopic (exact) mass is 322 g/mol. The van der Waals surface area contributed by atoms with Gasteiger partial charge in [0, 0.05) is 13.5 Å². The Morgan fingerprint density at radius 1 is 1.26 bits per heavy atom. The fraction of sp³-hybridized carbons (Fsp3) is 0.529. The van der Waals surface area contributed by atoms with Crippen molar-refractivity contribution in [2.24, 2.45) is 0 Å². The highest BCUT2D eigenvalue weighted by atomic mass is 19.1. The topological polar surface area (TPSA) is 53.9 Å². The van der Waals surface area contributed by atoms with Crippen molar-refractivity contribution in [2.45, 2.75) is 26.3 Å². The van der Waals surface area contributed by atoms with E-state index in [1.54, 1.807) is 19.1 Å². The number of benzene rings is 1. The van der Waals surface area contributed by atoms with E-state index in [9.17, 15) is 14.0 Å². The number of nitrogens with one attached hydrogen (secondary N) is 2. The molecule has 0 aliphatic carbocycles. The molecule has 5 nitrogen and oxygen atoms in total. The van der Waals surface area contributed by atoms with Gasteiger partial charge in [-0.2, -0.15) is 0 Å². The maximum atomic E-state index is 12.8. The second-order valence-corrected chi connectivity index (χ2v) is 6.05. The normalized spacial score (nSPS) is 16.9. The first kappa shape index (κ1) is 17.4. The van der Waals surface area contributed by atoms with E-state index in [2.05, 4.69) is 5.32 Å². The van der Waals surface area contributed by atoms with Gasteiger partial charge in [-0.3, -0.25) is 9.59 Å². The van der Waals surface area contributed by atoms with Gasteiger partial charge in [0.1, 0.15) is 5.82 Å². The Balaban J connectivity index is 1.73. The van der Waals surface area contributed by atoms with Crippen molar-refractivity contribution in [1.82, 2.24) is 10.2 Å². The maximum absolute atomic E-state index is 12.8. The summed E-state index contributed by atoms with van der Waals surface area (Å²) in [4.78, 5) is 26.6. The third-order valence-electron chi connectivity index (χ3n) is 4.48. The molecule has 6 heteroatoms. The summed E-state index contributed by atoms with van der Waals surface area (Å²) in [5, 5.41) is 2.94. The van der Waals surface area contributed by atoms with Gasteiger partial charge in [-0.15, -0.1) is 0 Å². The average molecular weight is 322 g/mol. The van der Waals surface area contributed by atoms with Crippen LogP contribution in [0.1, 0.15) is 19.4 Å². The minimum absolute atomic E-state index is 0.0263. The molecule has 1 aromatic carbocycles. The zero-order valence-electron chi connectivity index (χ0n) is 13.8. The second kappa shape index (κ2) is 8.06. The number of rotatable bonds is 5. The molecule has 0 radical (unpaired) electrons. The molecule has 2 rings (SSSR count). The molecule has 2 amide bonds. The molecule has 126 valence electrons. The number of carbonyl (C=O) groups is 2. The van der Waals surface area contributed by atoms with Gasteiger partial charge in [-0.25, -0.2) is 4.39 Å². The standard InChI is InChI=1S/C17H24FN3O2/c1-13(20-9-11-21(12-10-20)14(2)22)17(23)19-8-7-15-3-5-16(18)6-4-15/h3-6,13H,7-12H2,1-2H3,(H,19,23)/p+1/t13-/m0/s1. The Morgan fingerprint density at radius 2 is 1.87 bits per heavy atom. The predicted octanol–water partition coefficient (Wildman–Crippen LogP) is -0.380. The fourth-order valence-electron chi connectivity index (χ4n) is 2.86. The van der Waals surface area contributed by atoms with Crippen molar-refractivity contribution in [3.8, 4) is 0 Å². The van der Waals surface area contributed by atoms with Crippen molar-refractivity contribution in [3.05, 3.63) is 35.6 Å². The van der Waals surface area contributed by atoms with Crippen LogP contribution in [-0.2, 0) is 16.0 Å². The second-order valence-electron chi connectivity index (χ2n) is 6.05. The molecule has 1 fully saturated rings. The van der Waals surface area contributed by atoms with Crippen LogP contribution in [0.15, 0.2) is 24.3 Å². The van der Waals surface area contributed by atoms with Gasteiger partial charge in [0.2, 0.25) is 5.91 Å². The van der Waals surface area contributed by atoms with E-state index in [1.165, 1.54) is 17.0 Å². The zero-order valence-corrected chi connectivity index (χ0v) is 13.8. The van der Waals surface area contributed by atoms with E-state index in [1.807, 2.05) is 11.8 Å². The van der Waals surface area contributed by atoms with Gasteiger partial charge in [0.25, 0.3) is 5.91 Å². The van der Waals surface area contributed by atoms with Crippen LogP contribution in [0.25, 0.3) is 0 Å². The van der Waals surface area contributed by atoms with Crippen molar-refractivity contribution in [1.29, 1.82) is 0 Å². The predicted molar refractivity (Wildman–Crippen MR) is 85.5 cm³/mol. The molecule has 0 saturated carbocycles. The number of piperazine rings is 1. The Hall–Kier alpha value is -1.95. The fourth-order valence-corrected chi connectivity index (χ4v) is 2.86. The molecule has 1 aromatic rings. The van der Waals surface area contributed by atoms with Crippen molar-refractivity contribution in [2.75, 3.05) is 32.7 Å². The van der Waals surface area contributed by atoms with Gasteiger partial charge in [-0.1, -0.05) is 12.1 Å². The molecule has 1 aliphatic heterocycles. The van der Waals surface area contributed by atoms with Crippen molar-refractivity contribution < 1.29 is 18.9 Å². The number of hydrogen-bond donors (Lipinski definition) is 2. The van der Waals surface area contributed by atoms with Crippen LogP contribution in [0.2, 0.25) is 0 Å². The SMILES string of the molecule is CC(=O)N1CC[NH+]([C@@H](C)C(=O)NCCc2ccc(F)cc2)CC1. The first-order chi connectivity index (χ1) is 11.0. The Kier molecular flexibility index (Phi) is 6.10. The lowest BCUT2D eigenvalue weighted by atomic mass is 10.1. The first-order valence-electron chi connectivity index (χ1n) is 8.09. The average Bonchev–Trinajstić information content (AvgIpc) is 2.56. The van der Waals surface area contributed by atoms with Crippen molar-refractivity contribution >= 4 is 11.8 Å². The summed E-state index contributed by atoms with van der Waals surface area (Å²) >= 11 is 0. The number of carbonyl (C=O) groups excluding carboxylic acids is 2. The lowest BCUT2D eigenvalue weighted by molar-refractivity contribution is -0.918. The van der Waals surface area contributed by atoms with Crippen LogP contribution < -0.4 is 10.2 Å². The van der Waals surface area contributed by atoms with Crippen LogP contribution >= 0.6 is 0 Å².